The summed E-state index contributed by atoms with van der Waals surface area (Å²) in [5.41, 5.74) is 6.03. The van der Waals surface area contributed by atoms with Crippen molar-refractivity contribution in [1.82, 2.24) is 5.32 Å². The van der Waals surface area contributed by atoms with E-state index in [1.807, 2.05) is 20.9 Å². The lowest BCUT2D eigenvalue weighted by Crippen LogP contribution is -2.32. The topological polar surface area (TPSA) is 35.8 Å². The largest absolute Gasteiger partial charge is 0.312 e. The van der Waals surface area contributed by atoms with Crippen molar-refractivity contribution in [2.45, 2.75) is 47.6 Å². The summed E-state index contributed by atoms with van der Waals surface area (Å²) in [7, 11) is 1.93. The monoisotopic (exact) mass is 244 g/mol. The highest BCUT2D eigenvalue weighted by Gasteiger charge is 2.32. The van der Waals surface area contributed by atoms with Crippen molar-refractivity contribution in [1.29, 1.82) is 5.26 Å². The minimum Gasteiger partial charge on any atom is -0.312 e. The third-order valence-corrected chi connectivity index (χ3v) is 4.01. The van der Waals surface area contributed by atoms with Crippen LogP contribution in [0.15, 0.2) is 6.07 Å². The minimum atomic E-state index is -0.426. The fourth-order valence-corrected chi connectivity index (χ4v) is 2.61. The van der Waals surface area contributed by atoms with E-state index in [4.69, 9.17) is 0 Å². The lowest BCUT2D eigenvalue weighted by atomic mass is 9.77. The third kappa shape index (κ3) is 2.42. The van der Waals surface area contributed by atoms with Crippen LogP contribution in [0.4, 0.5) is 0 Å². The molecule has 0 saturated heterocycles. The zero-order valence-electron chi connectivity index (χ0n) is 12.6. The fraction of sp³-hybridized carbons (Fsp3) is 0.562. The number of hydrogen-bond acceptors (Lipinski definition) is 2. The molecule has 1 N–H and O–H groups in total. The molecule has 2 nitrogen and oxygen atoms in total. The molecule has 0 amide bonds. The van der Waals surface area contributed by atoms with E-state index in [1.54, 1.807) is 0 Å². The van der Waals surface area contributed by atoms with Gasteiger partial charge in [-0.15, -0.1) is 0 Å². The van der Waals surface area contributed by atoms with Gasteiger partial charge in [0.2, 0.25) is 0 Å². The first kappa shape index (κ1) is 14.7. The highest BCUT2D eigenvalue weighted by atomic mass is 14.9. The summed E-state index contributed by atoms with van der Waals surface area (Å²) in [5, 5.41) is 12.7. The SMILES string of the molecule is CNC(c1c(C)c(C)cc(C)c1C)C(C)(C)C#N. The van der Waals surface area contributed by atoms with Crippen molar-refractivity contribution in [3.63, 3.8) is 0 Å². The van der Waals surface area contributed by atoms with Crippen molar-refractivity contribution in [3.8, 4) is 6.07 Å². The molecule has 0 aliphatic heterocycles. The van der Waals surface area contributed by atoms with Crippen LogP contribution in [-0.4, -0.2) is 7.05 Å². The van der Waals surface area contributed by atoms with Crippen LogP contribution in [0.2, 0.25) is 0 Å². The van der Waals surface area contributed by atoms with E-state index < -0.39 is 5.41 Å². The van der Waals surface area contributed by atoms with Gasteiger partial charge in [-0.3, -0.25) is 0 Å². The van der Waals surface area contributed by atoms with E-state index in [1.165, 1.54) is 27.8 Å². The Labute approximate surface area is 111 Å². The van der Waals surface area contributed by atoms with Crippen LogP contribution in [-0.2, 0) is 0 Å². The maximum atomic E-state index is 9.39. The summed E-state index contributed by atoms with van der Waals surface area (Å²) in [6.45, 7) is 12.5. The lowest BCUT2D eigenvalue weighted by Gasteiger charge is -2.32. The molecule has 0 spiro atoms. The van der Waals surface area contributed by atoms with Crippen LogP contribution >= 0.6 is 0 Å². The van der Waals surface area contributed by atoms with Gasteiger partial charge in [0.25, 0.3) is 0 Å². The molecule has 1 rings (SSSR count). The van der Waals surface area contributed by atoms with Gasteiger partial charge in [0.05, 0.1) is 17.5 Å². The highest BCUT2D eigenvalue weighted by molar-refractivity contribution is 5.46. The van der Waals surface area contributed by atoms with Crippen molar-refractivity contribution in [2.75, 3.05) is 7.05 Å². The van der Waals surface area contributed by atoms with Crippen LogP contribution < -0.4 is 5.32 Å². The molecule has 2 heteroatoms. The predicted octanol–water partition coefficient (Wildman–Crippen LogP) is 3.73. The van der Waals surface area contributed by atoms with Crippen molar-refractivity contribution < 1.29 is 0 Å². The minimum absolute atomic E-state index is 0.0566. The number of nitrogens with one attached hydrogen (secondary N) is 1. The number of rotatable bonds is 3. The van der Waals surface area contributed by atoms with E-state index in [0.29, 0.717) is 0 Å². The normalized spacial score (nSPS) is 13.2. The van der Waals surface area contributed by atoms with Gasteiger partial charge in [-0.05, 0) is 76.4 Å². The highest BCUT2D eigenvalue weighted by Crippen LogP contribution is 2.37. The Morgan fingerprint density at radius 1 is 1.11 bits per heavy atom. The molecule has 98 valence electrons. The van der Waals surface area contributed by atoms with Gasteiger partial charge in [0.1, 0.15) is 0 Å². The van der Waals surface area contributed by atoms with Gasteiger partial charge in [-0.2, -0.15) is 5.26 Å². The van der Waals surface area contributed by atoms with Gasteiger partial charge in [-0.25, -0.2) is 0 Å². The molecular formula is C16H24N2. The molecule has 0 heterocycles. The maximum Gasteiger partial charge on any atom is 0.0712 e. The maximum absolute atomic E-state index is 9.39. The van der Waals surface area contributed by atoms with Crippen LogP contribution in [0.1, 0.15) is 47.7 Å². The van der Waals surface area contributed by atoms with Crippen LogP contribution in [0.25, 0.3) is 0 Å². The molecule has 0 aliphatic rings. The number of nitrogens with zero attached hydrogens (tertiary/aromatic N) is 1. The van der Waals surface area contributed by atoms with Crippen LogP contribution in [0, 0.1) is 44.4 Å². The molecule has 1 aromatic rings. The summed E-state index contributed by atoms with van der Waals surface area (Å²) in [6, 6.07) is 4.70. The molecule has 0 aromatic heterocycles. The van der Waals surface area contributed by atoms with Crippen molar-refractivity contribution >= 4 is 0 Å². The average molecular weight is 244 g/mol. The van der Waals surface area contributed by atoms with Gasteiger partial charge in [0.15, 0.2) is 0 Å². The average Bonchev–Trinajstić information content (AvgIpc) is 2.31. The second-order valence-electron chi connectivity index (χ2n) is 5.73. The van der Waals surface area contributed by atoms with Gasteiger partial charge < -0.3 is 5.32 Å². The molecule has 1 unspecified atom stereocenters. The number of nitriles is 1. The molecule has 0 fully saturated rings. The fourth-order valence-electron chi connectivity index (χ4n) is 2.61. The Morgan fingerprint density at radius 3 is 1.89 bits per heavy atom. The van der Waals surface area contributed by atoms with Crippen LogP contribution in [0.3, 0.4) is 0 Å². The Hall–Kier alpha value is -1.33. The quantitative estimate of drug-likeness (QED) is 0.879. The molecular weight excluding hydrogens is 220 g/mol. The van der Waals surface area contributed by atoms with E-state index in [2.05, 4.69) is 45.1 Å². The number of aryl methyl sites for hydroxylation is 2. The van der Waals surface area contributed by atoms with E-state index in [0.717, 1.165) is 0 Å². The third-order valence-electron chi connectivity index (χ3n) is 4.01. The second kappa shape index (κ2) is 5.12. The number of benzene rings is 1. The summed E-state index contributed by atoms with van der Waals surface area (Å²) < 4.78 is 0. The molecule has 1 aromatic carbocycles. The van der Waals surface area contributed by atoms with E-state index >= 15 is 0 Å². The first-order valence-corrected chi connectivity index (χ1v) is 6.42. The summed E-state index contributed by atoms with van der Waals surface area (Å²) >= 11 is 0. The van der Waals surface area contributed by atoms with Crippen molar-refractivity contribution in [3.05, 3.63) is 33.9 Å². The van der Waals surface area contributed by atoms with E-state index in [9.17, 15) is 5.26 Å². The second-order valence-corrected chi connectivity index (χ2v) is 5.73. The Morgan fingerprint density at radius 2 is 1.56 bits per heavy atom. The molecule has 0 saturated carbocycles. The Balaban J connectivity index is 3.54. The van der Waals surface area contributed by atoms with Gasteiger partial charge >= 0.3 is 0 Å². The summed E-state index contributed by atoms with van der Waals surface area (Å²) in [6.07, 6.45) is 0. The molecule has 0 radical (unpaired) electrons. The van der Waals surface area contributed by atoms with Crippen molar-refractivity contribution in [2.24, 2.45) is 5.41 Å². The Kier molecular flexibility index (Phi) is 4.19. The summed E-state index contributed by atoms with van der Waals surface area (Å²) in [4.78, 5) is 0. The Bertz CT molecular complexity index is 467. The molecule has 1 atom stereocenters. The lowest BCUT2D eigenvalue weighted by molar-refractivity contribution is 0.341. The smallest absolute Gasteiger partial charge is 0.0712 e. The summed E-state index contributed by atoms with van der Waals surface area (Å²) in [5.74, 6) is 0. The van der Waals surface area contributed by atoms with E-state index in [-0.39, 0.29) is 6.04 Å². The van der Waals surface area contributed by atoms with Crippen LogP contribution in [0.5, 0.6) is 0 Å². The molecule has 0 bridgehead atoms. The predicted molar refractivity (Wildman–Crippen MR) is 76.6 cm³/mol. The van der Waals surface area contributed by atoms with Gasteiger partial charge in [0, 0.05) is 0 Å². The zero-order chi connectivity index (χ0) is 14.1. The number of hydrogen-bond donors (Lipinski definition) is 1. The first-order chi connectivity index (χ1) is 8.26. The first-order valence-electron chi connectivity index (χ1n) is 6.42. The molecule has 18 heavy (non-hydrogen) atoms. The zero-order valence-corrected chi connectivity index (χ0v) is 12.6. The van der Waals surface area contributed by atoms with Gasteiger partial charge in [-0.1, -0.05) is 6.07 Å². The standard InChI is InChI=1S/C16H24N2/c1-10-8-11(2)13(4)14(12(10)3)15(18-7)16(5,6)9-17/h8,15,18H,1-7H3. The molecule has 0 aliphatic carbocycles.